The number of nitrogens with zero attached hydrogens (tertiary/aromatic N) is 3. The third-order valence-electron chi connectivity index (χ3n) is 5.00. The van der Waals surface area contributed by atoms with Crippen molar-refractivity contribution in [2.24, 2.45) is 5.92 Å². The number of alkyl halides is 3. The molecule has 0 saturated heterocycles. The van der Waals surface area contributed by atoms with Crippen LogP contribution in [0.4, 0.5) is 19.0 Å². The first-order valence-electron chi connectivity index (χ1n) is 9.10. The van der Waals surface area contributed by atoms with Crippen molar-refractivity contribution >= 4 is 11.7 Å². The summed E-state index contributed by atoms with van der Waals surface area (Å²) in [6.45, 7) is 3.24. The fourth-order valence-electron chi connectivity index (χ4n) is 3.57. The number of carbonyl (C=O) groups is 1. The molecule has 3 rings (SSSR count). The molecule has 5 nitrogen and oxygen atoms in total. The highest BCUT2D eigenvalue weighted by atomic mass is 19.4. The SMILES string of the molecule is Cc1ccc(NC(=O)[C@H](CC2CCCC2)n2cc(C)c(C(F)(F)F)n2)nc1. The molecule has 8 heteroatoms. The second-order valence-corrected chi connectivity index (χ2v) is 7.25. The van der Waals surface area contributed by atoms with Crippen molar-refractivity contribution in [1.82, 2.24) is 14.8 Å². The molecule has 1 atom stereocenters. The lowest BCUT2D eigenvalue weighted by molar-refractivity contribution is -0.142. The summed E-state index contributed by atoms with van der Waals surface area (Å²) in [6.07, 6.45) is 3.01. The van der Waals surface area contributed by atoms with Crippen LogP contribution >= 0.6 is 0 Å². The van der Waals surface area contributed by atoms with Gasteiger partial charge in [0.15, 0.2) is 5.69 Å². The normalized spacial score (nSPS) is 16.5. The Morgan fingerprint density at radius 3 is 2.56 bits per heavy atom. The van der Waals surface area contributed by atoms with E-state index in [2.05, 4.69) is 15.4 Å². The van der Waals surface area contributed by atoms with E-state index in [1.807, 2.05) is 13.0 Å². The quantitative estimate of drug-likeness (QED) is 0.820. The maximum Gasteiger partial charge on any atom is 0.435 e. The number of hydrogen-bond acceptors (Lipinski definition) is 3. The van der Waals surface area contributed by atoms with Crippen LogP contribution in [0.3, 0.4) is 0 Å². The number of aromatic nitrogens is 3. The fraction of sp³-hybridized carbons (Fsp3) is 0.526. The van der Waals surface area contributed by atoms with Crippen molar-refractivity contribution in [3.63, 3.8) is 0 Å². The van der Waals surface area contributed by atoms with Crippen LogP contribution in [0.25, 0.3) is 0 Å². The molecule has 1 fully saturated rings. The molecule has 0 radical (unpaired) electrons. The highest BCUT2D eigenvalue weighted by molar-refractivity contribution is 5.92. The van der Waals surface area contributed by atoms with Gasteiger partial charge in [0, 0.05) is 12.4 Å². The number of rotatable bonds is 5. The first-order valence-corrected chi connectivity index (χ1v) is 9.10. The van der Waals surface area contributed by atoms with Gasteiger partial charge in [0.1, 0.15) is 11.9 Å². The van der Waals surface area contributed by atoms with Crippen molar-refractivity contribution < 1.29 is 18.0 Å². The molecular weight excluding hydrogens is 357 g/mol. The zero-order valence-corrected chi connectivity index (χ0v) is 15.4. The number of halogens is 3. The van der Waals surface area contributed by atoms with Crippen LogP contribution in [0.2, 0.25) is 0 Å². The van der Waals surface area contributed by atoms with E-state index in [1.54, 1.807) is 12.3 Å². The molecule has 27 heavy (non-hydrogen) atoms. The molecular formula is C19H23F3N4O. The van der Waals surface area contributed by atoms with E-state index in [1.165, 1.54) is 17.8 Å². The average molecular weight is 380 g/mol. The van der Waals surface area contributed by atoms with Gasteiger partial charge in [0.25, 0.3) is 0 Å². The summed E-state index contributed by atoms with van der Waals surface area (Å²) in [6, 6.07) is 2.69. The smallest absolute Gasteiger partial charge is 0.309 e. The van der Waals surface area contributed by atoms with E-state index < -0.39 is 23.8 Å². The van der Waals surface area contributed by atoms with Gasteiger partial charge in [-0.15, -0.1) is 0 Å². The Morgan fingerprint density at radius 1 is 1.30 bits per heavy atom. The van der Waals surface area contributed by atoms with Crippen LogP contribution in [0, 0.1) is 19.8 Å². The van der Waals surface area contributed by atoms with Gasteiger partial charge in [-0.05, 0) is 43.4 Å². The van der Waals surface area contributed by atoms with Crippen LogP contribution in [0.5, 0.6) is 0 Å². The summed E-state index contributed by atoms with van der Waals surface area (Å²) in [5.74, 6) is 0.294. The van der Waals surface area contributed by atoms with Crippen LogP contribution in [-0.2, 0) is 11.0 Å². The van der Waals surface area contributed by atoms with Gasteiger partial charge in [-0.3, -0.25) is 9.48 Å². The highest BCUT2D eigenvalue weighted by Crippen LogP contribution is 2.35. The number of carbonyl (C=O) groups excluding carboxylic acids is 1. The minimum atomic E-state index is -4.54. The molecule has 2 aromatic rings. The monoisotopic (exact) mass is 380 g/mol. The molecule has 146 valence electrons. The number of amides is 1. The van der Waals surface area contributed by atoms with Crippen LogP contribution in [0.15, 0.2) is 24.5 Å². The molecule has 0 spiro atoms. The van der Waals surface area contributed by atoms with Gasteiger partial charge < -0.3 is 5.32 Å². The van der Waals surface area contributed by atoms with Crippen molar-refractivity contribution in [2.75, 3.05) is 5.32 Å². The molecule has 2 aromatic heterocycles. The highest BCUT2D eigenvalue weighted by Gasteiger charge is 2.37. The fourth-order valence-corrected chi connectivity index (χ4v) is 3.57. The van der Waals surface area contributed by atoms with Gasteiger partial charge in [0.2, 0.25) is 5.91 Å². The molecule has 1 aliphatic carbocycles. The predicted molar refractivity (Wildman–Crippen MR) is 95.2 cm³/mol. The standard InChI is InChI=1S/C19H23F3N4O/c1-12-7-8-16(23-10-12)24-18(27)15(9-14-5-3-4-6-14)26-11-13(2)17(25-26)19(20,21)22/h7-8,10-11,14-15H,3-6,9H2,1-2H3,(H,23,24,27)/t15-/m0/s1. The minimum Gasteiger partial charge on any atom is -0.309 e. The van der Waals surface area contributed by atoms with Crippen LogP contribution in [-0.4, -0.2) is 20.7 Å². The number of hydrogen-bond donors (Lipinski definition) is 1. The predicted octanol–water partition coefficient (Wildman–Crippen LogP) is 4.67. The van der Waals surface area contributed by atoms with Crippen molar-refractivity contribution in [2.45, 2.75) is 58.2 Å². The Morgan fingerprint density at radius 2 is 2.00 bits per heavy atom. The van der Waals surface area contributed by atoms with E-state index in [0.29, 0.717) is 18.2 Å². The van der Waals surface area contributed by atoms with E-state index in [4.69, 9.17) is 0 Å². The Bertz CT molecular complexity index is 792. The van der Waals surface area contributed by atoms with Gasteiger partial charge in [-0.25, -0.2) is 4.98 Å². The largest absolute Gasteiger partial charge is 0.435 e. The van der Waals surface area contributed by atoms with Gasteiger partial charge >= 0.3 is 6.18 Å². The number of aryl methyl sites for hydroxylation is 2. The molecule has 1 amide bonds. The van der Waals surface area contributed by atoms with E-state index in [-0.39, 0.29) is 5.56 Å². The lowest BCUT2D eigenvalue weighted by atomic mass is 9.98. The summed E-state index contributed by atoms with van der Waals surface area (Å²) in [5, 5.41) is 6.43. The molecule has 1 N–H and O–H groups in total. The number of anilines is 1. The van der Waals surface area contributed by atoms with E-state index in [9.17, 15) is 18.0 Å². The number of pyridine rings is 1. The molecule has 1 saturated carbocycles. The Kier molecular flexibility index (Phi) is 5.53. The molecule has 0 unspecified atom stereocenters. The molecule has 0 aliphatic heterocycles. The summed E-state index contributed by atoms with van der Waals surface area (Å²) >= 11 is 0. The second-order valence-electron chi connectivity index (χ2n) is 7.25. The molecule has 1 aliphatic rings. The topological polar surface area (TPSA) is 59.8 Å². The van der Waals surface area contributed by atoms with Gasteiger partial charge in [-0.2, -0.15) is 18.3 Å². The van der Waals surface area contributed by atoms with Crippen LogP contribution in [0.1, 0.15) is 55.0 Å². The lowest BCUT2D eigenvalue weighted by Crippen LogP contribution is -2.29. The summed E-state index contributed by atoms with van der Waals surface area (Å²) < 4.78 is 40.6. The Labute approximate surface area is 156 Å². The average Bonchev–Trinajstić information content (AvgIpc) is 3.23. The number of nitrogens with one attached hydrogen (secondary N) is 1. The van der Waals surface area contributed by atoms with Crippen LogP contribution < -0.4 is 5.32 Å². The van der Waals surface area contributed by atoms with Crippen molar-refractivity contribution in [1.29, 1.82) is 0 Å². The third-order valence-corrected chi connectivity index (χ3v) is 5.00. The summed E-state index contributed by atoms with van der Waals surface area (Å²) in [5.41, 5.74) is 0.0217. The van der Waals surface area contributed by atoms with Crippen molar-refractivity contribution in [3.05, 3.63) is 41.3 Å². The Hall–Kier alpha value is -2.38. The molecule has 0 bridgehead atoms. The summed E-state index contributed by atoms with van der Waals surface area (Å²) in [4.78, 5) is 17.0. The summed E-state index contributed by atoms with van der Waals surface area (Å²) in [7, 11) is 0. The van der Waals surface area contributed by atoms with E-state index in [0.717, 1.165) is 31.2 Å². The first-order chi connectivity index (χ1) is 12.7. The minimum absolute atomic E-state index is 0.0141. The zero-order valence-electron chi connectivity index (χ0n) is 15.4. The van der Waals surface area contributed by atoms with Gasteiger partial charge in [0.05, 0.1) is 0 Å². The maximum atomic E-state index is 13.1. The van der Waals surface area contributed by atoms with Gasteiger partial charge in [-0.1, -0.05) is 31.7 Å². The molecule has 2 heterocycles. The lowest BCUT2D eigenvalue weighted by Gasteiger charge is -2.20. The first kappa shape index (κ1) is 19.4. The second kappa shape index (κ2) is 7.70. The molecule has 0 aromatic carbocycles. The maximum absolute atomic E-state index is 13.1. The zero-order chi connectivity index (χ0) is 19.6. The third kappa shape index (κ3) is 4.67. The van der Waals surface area contributed by atoms with E-state index >= 15 is 0 Å². The Balaban J connectivity index is 1.86. The van der Waals surface area contributed by atoms with Crippen molar-refractivity contribution in [3.8, 4) is 0 Å².